The molecule has 14 heavy (non-hydrogen) atoms. The van der Waals surface area contributed by atoms with Gasteiger partial charge in [0, 0.05) is 0 Å². The summed E-state index contributed by atoms with van der Waals surface area (Å²) in [7, 11) is 0. The monoisotopic (exact) mass is 200 g/mol. The van der Waals surface area contributed by atoms with Crippen LogP contribution in [0.1, 0.15) is 26.7 Å². The van der Waals surface area contributed by atoms with Gasteiger partial charge in [0.15, 0.2) is 0 Å². The van der Waals surface area contributed by atoms with Crippen molar-refractivity contribution in [3.63, 3.8) is 0 Å². The maximum atomic E-state index is 10.7. The van der Waals surface area contributed by atoms with Gasteiger partial charge in [0.05, 0.1) is 23.8 Å². The fourth-order valence-electron chi connectivity index (χ4n) is 1.95. The zero-order valence-electron chi connectivity index (χ0n) is 8.51. The van der Waals surface area contributed by atoms with Gasteiger partial charge in [-0.1, -0.05) is 13.8 Å². The van der Waals surface area contributed by atoms with Gasteiger partial charge in [0.2, 0.25) is 0 Å². The van der Waals surface area contributed by atoms with Crippen LogP contribution in [0.3, 0.4) is 0 Å². The molecule has 0 amide bonds. The Labute approximate surface area is 83.0 Å². The van der Waals surface area contributed by atoms with Crippen molar-refractivity contribution in [1.29, 1.82) is 0 Å². The summed E-state index contributed by atoms with van der Waals surface area (Å²) >= 11 is 0. The third kappa shape index (κ3) is 2.21. The fourth-order valence-corrected chi connectivity index (χ4v) is 1.95. The molecule has 0 aromatic heterocycles. The predicted octanol–water partition coefficient (Wildman–Crippen LogP) is 1.49. The normalized spacial score (nSPS) is 27.8. The Balaban J connectivity index is 2.63. The van der Waals surface area contributed by atoms with E-state index in [-0.39, 0.29) is 12.6 Å². The third-order valence-electron chi connectivity index (χ3n) is 2.82. The first-order valence-electron chi connectivity index (χ1n) is 4.89. The van der Waals surface area contributed by atoms with Gasteiger partial charge in [-0.25, -0.2) is 0 Å². The van der Waals surface area contributed by atoms with Gasteiger partial charge in [0.25, 0.3) is 0 Å². The van der Waals surface area contributed by atoms with Gasteiger partial charge in [0.1, 0.15) is 0 Å². The Morgan fingerprint density at radius 3 is 2.57 bits per heavy atom. The Kier molecular flexibility index (Phi) is 3.43. The van der Waals surface area contributed by atoms with Crippen molar-refractivity contribution in [2.24, 2.45) is 17.1 Å². The molecule has 1 N–H and O–H groups in total. The number of piperidine rings is 1. The van der Waals surface area contributed by atoms with Gasteiger partial charge < -0.3 is 5.11 Å². The molecule has 1 rings (SSSR count). The van der Waals surface area contributed by atoms with Gasteiger partial charge >= 0.3 is 5.97 Å². The summed E-state index contributed by atoms with van der Waals surface area (Å²) in [6, 6.07) is 0.100. The molecule has 2 unspecified atom stereocenters. The van der Waals surface area contributed by atoms with Gasteiger partial charge in [-0.3, -0.25) is 9.80 Å². The number of nitrogens with zero attached hydrogens (tertiary/aromatic N) is 2. The van der Waals surface area contributed by atoms with Crippen LogP contribution in [-0.2, 0) is 4.79 Å². The molecular formula is C9H16N2O3. The molecule has 1 aliphatic heterocycles. The van der Waals surface area contributed by atoms with Gasteiger partial charge in [-0.15, -0.1) is 4.91 Å². The molecule has 1 heterocycles. The Bertz CT molecular complexity index is 230. The van der Waals surface area contributed by atoms with E-state index in [9.17, 15) is 9.70 Å². The van der Waals surface area contributed by atoms with E-state index in [4.69, 9.17) is 5.11 Å². The molecule has 0 spiro atoms. The van der Waals surface area contributed by atoms with E-state index in [0.717, 1.165) is 6.42 Å². The highest BCUT2D eigenvalue weighted by Crippen LogP contribution is 2.26. The summed E-state index contributed by atoms with van der Waals surface area (Å²) in [6.45, 7) is 4.29. The Hall–Kier alpha value is -1.13. The van der Waals surface area contributed by atoms with E-state index in [1.807, 2.05) is 13.8 Å². The molecule has 5 heteroatoms. The largest absolute Gasteiger partial charge is 0.481 e. The van der Waals surface area contributed by atoms with Gasteiger partial charge in [-0.05, 0) is 18.8 Å². The lowest BCUT2D eigenvalue weighted by molar-refractivity contribution is -0.144. The van der Waals surface area contributed by atoms with E-state index >= 15 is 0 Å². The van der Waals surface area contributed by atoms with Gasteiger partial charge in [-0.2, -0.15) is 0 Å². The number of carbonyl (C=O) groups is 1. The standard InChI is InChI=1S/C9H16N2O3/c1-6(2)8-4-3-7(9(12)13)5-11(8)10-14/h6-8H,3-5H2,1-2H3,(H,12,13). The predicted molar refractivity (Wildman–Crippen MR) is 51.5 cm³/mol. The van der Waals surface area contributed by atoms with Crippen LogP contribution in [0.4, 0.5) is 0 Å². The molecule has 5 nitrogen and oxygen atoms in total. The lowest BCUT2D eigenvalue weighted by Gasteiger charge is -2.36. The molecular weight excluding hydrogens is 184 g/mol. The van der Waals surface area contributed by atoms with Crippen molar-refractivity contribution in [2.45, 2.75) is 32.7 Å². The molecule has 0 aromatic rings. The van der Waals surface area contributed by atoms with Crippen molar-refractivity contribution in [1.82, 2.24) is 5.01 Å². The number of rotatable bonds is 3. The minimum Gasteiger partial charge on any atom is -0.481 e. The zero-order valence-corrected chi connectivity index (χ0v) is 8.51. The second kappa shape index (κ2) is 4.39. The Morgan fingerprint density at radius 2 is 2.14 bits per heavy atom. The summed E-state index contributed by atoms with van der Waals surface area (Å²) in [5, 5.41) is 13.1. The van der Waals surface area contributed by atoms with Crippen molar-refractivity contribution in [3.05, 3.63) is 4.91 Å². The van der Waals surface area contributed by atoms with Crippen LogP contribution in [0, 0.1) is 16.7 Å². The van der Waals surface area contributed by atoms with E-state index in [0.29, 0.717) is 12.3 Å². The van der Waals surface area contributed by atoms with Crippen molar-refractivity contribution in [2.75, 3.05) is 6.54 Å². The number of aliphatic carboxylic acids is 1. The summed E-state index contributed by atoms with van der Waals surface area (Å²) in [6.07, 6.45) is 1.38. The van der Waals surface area contributed by atoms with E-state index in [1.54, 1.807) is 0 Å². The van der Waals surface area contributed by atoms with Crippen LogP contribution < -0.4 is 0 Å². The highest BCUT2D eigenvalue weighted by molar-refractivity contribution is 5.70. The minimum atomic E-state index is -0.833. The van der Waals surface area contributed by atoms with Crippen molar-refractivity contribution in [3.8, 4) is 0 Å². The lowest BCUT2D eigenvalue weighted by atomic mass is 9.88. The topological polar surface area (TPSA) is 70.0 Å². The lowest BCUT2D eigenvalue weighted by Crippen LogP contribution is -2.44. The maximum Gasteiger partial charge on any atom is 0.308 e. The average Bonchev–Trinajstić information content (AvgIpc) is 2.16. The minimum absolute atomic E-state index is 0.100. The van der Waals surface area contributed by atoms with E-state index in [1.165, 1.54) is 5.01 Å². The number of carboxylic acids is 1. The van der Waals surface area contributed by atoms with Crippen LogP contribution in [-0.4, -0.2) is 28.7 Å². The summed E-state index contributed by atoms with van der Waals surface area (Å²) < 4.78 is 0. The highest BCUT2D eigenvalue weighted by atomic mass is 16.4. The number of hydrogen-bond donors (Lipinski definition) is 1. The third-order valence-corrected chi connectivity index (χ3v) is 2.82. The summed E-state index contributed by atoms with van der Waals surface area (Å²) in [4.78, 5) is 21.2. The molecule has 0 saturated carbocycles. The first kappa shape index (κ1) is 10.9. The molecule has 0 bridgehead atoms. The molecule has 80 valence electrons. The summed E-state index contributed by atoms with van der Waals surface area (Å²) in [5.74, 6) is -0.939. The van der Waals surface area contributed by atoms with Crippen LogP contribution in [0.25, 0.3) is 0 Å². The molecule has 0 aromatic carbocycles. The molecule has 1 fully saturated rings. The molecule has 1 saturated heterocycles. The maximum absolute atomic E-state index is 10.7. The SMILES string of the molecule is CC(C)C1CCC(C(=O)O)CN1N=O. The fraction of sp³-hybridized carbons (Fsp3) is 0.889. The molecule has 0 radical (unpaired) electrons. The van der Waals surface area contributed by atoms with Crippen molar-refractivity contribution < 1.29 is 9.90 Å². The second-order valence-corrected chi connectivity index (χ2v) is 4.13. The highest BCUT2D eigenvalue weighted by Gasteiger charge is 2.33. The quantitative estimate of drug-likeness (QED) is 0.701. The van der Waals surface area contributed by atoms with Crippen LogP contribution >= 0.6 is 0 Å². The van der Waals surface area contributed by atoms with Crippen LogP contribution in [0.5, 0.6) is 0 Å². The van der Waals surface area contributed by atoms with Crippen LogP contribution in [0.2, 0.25) is 0 Å². The number of nitroso groups, excluding NO2 is 1. The first-order valence-corrected chi connectivity index (χ1v) is 4.89. The number of carboxylic acid groups (broad SMARTS) is 1. The first-order chi connectivity index (χ1) is 6.56. The molecule has 1 aliphatic rings. The smallest absolute Gasteiger partial charge is 0.308 e. The molecule has 2 atom stereocenters. The average molecular weight is 200 g/mol. The Morgan fingerprint density at radius 1 is 1.50 bits per heavy atom. The molecule has 0 aliphatic carbocycles. The van der Waals surface area contributed by atoms with Crippen LogP contribution in [0.15, 0.2) is 5.29 Å². The number of hydrogen-bond acceptors (Lipinski definition) is 3. The van der Waals surface area contributed by atoms with E-state index in [2.05, 4.69) is 5.29 Å². The zero-order chi connectivity index (χ0) is 10.7. The van der Waals surface area contributed by atoms with Crippen molar-refractivity contribution >= 4 is 5.97 Å². The van der Waals surface area contributed by atoms with E-state index < -0.39 is 11.9 Å². The second-order valence-electron chi connectivity index (χ2n) is 4.13. The summed E-state index contributed by atoms with van der Waals surface area (Å²) in [5.41, 5.74) is 0.